The molecule has 0 aromatic heterocycles. The maximum absolute atomic E-state index is 3.74. The minimum absolute atomic E-state index is 1.06. The van der Waals surface area contributed by atoms with Gasteiger partial charge in [0.1, 0.15) is 0 Å². The SMILES string of the molecule is C=Cc1cccc(CC)c1[Si]. The van der Waals surface area contributed by atoms with Gasteiger partial charge in [-0.3, -0.25) is 0 Å². The highest BCUT2D eigenvalue weighted by Crippen LogP contribution is 2.02. The quantitative estimate of drug-likeness (QED) is 0.576. The van der Waals surface area contributed by atoms with Gasteiger partial charge in [0.2, 0.25) is 0 Å². The molecule has 1 rings (SSSR count). The van der Waals surface area contributed by atoms with Gasteiger partial charge in [0.05, 0.1) is 10.2 Å². The lowest BCUT2D eigenvalue weighted by molar-refractivity contribution is 1.15. The molecule has 0 nitrogen and oxygen atoms in total. The Bertz CT molecular complexity index is 264. The van der Waals surface area contributed by atoms with Crippen molar-refractivity contribution in [2.45, 2.75) is 13.3 Å². The summed E-state index contributed by atoms with van der Waals surface area (Å²) >= 11 is 0. The zero-order valence-electron chi connectivity index (χ0n) is 6.72. The fraction of sp³-hybridized carbons (Fsp3) is 0.200. The summed E-state index contributed by atoms with van der Waals surface area (Å²) in [5.41, 5.74) is 2.50. The summed E-state index contributed by atoms with van der Waals surface area (Å²) in [4.78, 5) is 0. The van der Waals surface area contributed by atoms with Gasteiger partial charge in [0.25, 0.3) is 0 Å². The molecular weight excluding hydrogens is 148 g/mol. The van der Waals surface area contributed by atoms with Gasteiger partial charge in [-0.15, -0.1) is 0 Å². The van der Waals surface area contributed by atoms with Crippen LogP contribution in [0.3, 0.4) is 0 Å². The standard InChI is InChI=1S/C10H11Si/c1-3-8-6-5-7-9(4-2)10(8)11/h3,5-7H,1,4H2,2H3. The number of hydrogen-bond donors (Lipinski definition) is 0. The zero-order valence-corrected chi connectivity index (χ0v) is 7.72. The van der Waals surface area contributed by atoms with Crippen LogP contribution in [0, 0.1) is 0 Å². The summed E-state index contributed by atoms with van der Waals surface area (Å²) in [5, 5.41) is 1.17. The van der Waals surface area contributed by atoms with E-state index in [1.807, 2.05) is 6.08 Å². The smallest absolute Gasteiger partial charge is 0.0724 e. The molecule has 0 bridgehead atoms. The molecule has 11 heavy (non-hydrogen) atoms. The van der Waals surface area contributed by atoms with Crippen molar-refractivity contribution >= 4 is 21.5 Å². The molecule has 0 aliphatic heterocycles. The van der Waals surface area contributed by atoms with Gasteiger partial charge >= 0.3 is 0 Å². The molecule has 1 aromatic rings. The Balaban J connectivity index is 3.20. The zero-order chi connectivity index (χ0) is 8.27. The molecule has 0 saturated carbocycles. The van der Waals surface area contributed by atoms with Crippen LogP contribution in [0.1, 0.15) is 18.1 Å². The fourth-order valence-electron chi connectivity index (χ4n) is 1.08. The number of rotatable bonds is 2. The van der Waals surface area contributed by atoms with Crippen molar-refractivity contribution in [3.63, 3.8) is 0 Å². The molecule has 0 unspecified atom stereocenters. The first-order valence-corrected chi connectivity index (χ1v) is 4.25. The van der Waals surface area contributed by atoms with Crippen LogP contribution >= 0.6 is 0 Å². The Morgan fingerprint density at radius 3 is 2.82 bits per heavy atom. The van der Waals surface area contributed by atoms with E-state index >= 15 is 0 Å². The molecule has 0 heterocycles. The Morgan fingerprint density at radius 1 is 1.55 bits per heavy atom. The first kappa shape index (κ1) is 8.28. The van der Waals surface area contributed by atoms with Gasteiger partial charge in [-0.1, -0.05) is 43.0 Å². The van der Waals surface area contributed by atoms with Crippen LogP contribution in [0.25, 0.3) is 6.08 Å². The van der Waals surface area contributed by atoms with Crippen LogP contribution in [-0.2, 0) is 6.42 Å². The van der Waals surface area contributed by atoms with Crippen molar-refractivity contribution in [2.75, 3.05) is 0 Å². The first-order valence-electron chi connectivity index (χ1n) is 3.75. The average Bonchev–Trinajstić information content (AvgIpc) is 2.05. The van der Waals surface area contributed by atoms with Gasteiger partial charge < -0.3 is 0 Å². The second-order valence-corrected chi connectivity index (χ2v) is 2.94. The molecule has 0 N–H and O–H groups in total. The summed E-state index contributed by atoms with van der Waals surface area (Å²) in [7, 11) is 3.58. The topological polar surface area (TPSA) is 0 Å². The molecule has 1 heteroatoms. The number of aryl methyl sites for hydroxylation is 1. The molecule has 0 spiro atoms. The molecule has 1 aromatic carbocycles. The Kier molecular flexibility index (Phi) is 2.66. The van der Waals surface area contributed by atoms with Crippen LogP contribution in [0.4, 0.5) is 0 Å². The van der Waals surface area contributed by atoms with Crippen molar-refractivity contribution in [1.29, 1.82) is 0 Å². The minimum Gasteiger partial charge on any atom is -0.0985 e. The Hall–Kier alpha value is -0.823. The minimum atomic E-state index is 1.06. The normalized spacial score (nSPS) is 9.64. The Morgan fingerprint density at radius 2 is 2.27 bits per heavy atom. The highest BCUT2D eigenvalue weighted by atomic mass is 28.1. The molecule has 0 aliphatic rings. The van der Waals surface area contributed by atoms with Crippen LogP contribution in [-0.4, -0.2) is 10.2 Å². The van der Waals surface area contributed by atoms with E-state index in [1.54, 1.807) is 0 Å². The lowest BCUT2D eigenvalue weighted by Gasteiger charge is -2.04. The van der Waals surface area contributed by atoms with E-state index in [2.05, 4.69) is 41.9 Å². The van der Waals surface area contributed by atoms with Crippen molar-refractivity contribution in [2.24, 2.45) is 0 Å². The van der Waals surface area contributed by atoms with Crippen LogP contribution in [0.2, 0.25) is 0 Å². The fourth-order valence-corrected chi connectivity index (χ4v) is 1.53. The van der Waals surface area contributed by atoms with E-state index in [4.69, 9.17) is 0 Å². The van der Waals surface area contributed by atoms with E-state index in [0.29, 0.717) is 0 Å². The van der Waals surface area contributed by atoms with Crippen molar-refractivity contribution in [3.05, 3.63) is 35.9 Å². The van der Waals surface area contributed by atoms with E-state index in [9.17, 15) is 0 Å². The second kappa shape index (κ2) is 3.53. The van der Waals surface area contributed by atoms with E-state index in [-0.39, 0.29) is 0 Å². The first-order chi connectivity index (χ1) is 5.29. The summed E-state index contributed by atoms with van der Waals surface area (Å²) in [6, 6.07) is 6.23. The molecule has 55 valence electrons. The van der Waals surface area contributed by atoms with Crippen LogP contribution in [0.15, 0.2) is 24.8 Å². The maximum atomic E-state index is 3.74. The summed E-state index contributed by atoms with van der Waals surface area (Å²) in [5.74, 6) is 0. The lowest BCUT2D eigenvalue weighted by atomic mass is 10.1. The third-order valence-corrected chi connectivity index (χ3v) is 2.39. The number of benzene rings is 1. The Labute approximate surface area is 71.4 Å². The third-order valence-electron chi connectivity index (χ3n) is 1.78. The third kappa shape index (κ3) is 1.60. The summed E-state index contributed by atoms with van der Waals surface area (Å²) in [6.07, 6.45) is 2.92. The van der Waals surface area contributed by atoms with Gasteiger partial charge in [0, 0.05) is 0 Å². The summed E-state index contributed by atoms with van der Waals surface area (Å²) in [6.45, 7) is 5.88. The monoisotopic (exact) mass is 159 g/mol. The second-order valence-electron chi connectivity index (χ2n) is 2.44. The molecule has 3 radical (unpaired) electrons. The largest absolute Gasteiger partial charge is 0.0985 e. The summed E-state index contributed by atoms with van der Waals surface area (Å²) < 4.78 is 0. The van der Waals surface area contributed by atoms with Gasteiger partial charge in [-0.25, -0.2) is 0 Å². The molecule has 0 amide bonds. The molecule has 0 aliphatic carbocycles. The predicted molar refractivity (Wildman–Crippen MR) is 51.3 cm³/mol. The number of hydrogen-bond acceptors (Lipinski definition) is 0. The van der Waals surface area contributed by atoms with Crippen LogP contribution in [0.5, 0.6) is 0 Å². The van der Waals surface area contributed by atoms with Gasteiger partial charge in [0.15, 0.2) is 0 Å². The van der Waals surface area contributed by atoms with Crippen molar-refractivity contribution in [3.8, 4) is 0 Å². The lowest BCUT2D eigenvalue weighted by Crippen LogP contribution is -2.12. The average molecular weight is 159 g/mol. The molecule has 0 saturated heterocycles. The van der Waals surface area contributed by atoms with E-state index in [0.717, 1.165) is 6.42 Å². The van der Waals surface area contributed by atoms with Gasteiger partial charge in [-0.05, 0) is 17.5 Å². The van der Waals surface area contributed by atoms with E-state index in [1.165, 1.54) is 16.3 Å². The predicted octanol–water partition coefficient (Wildman–Crippen LogP) is 1.69. The van der Waals surface area contributed by atoms with Crippen molar-refractivity contribution < 1.29 is 0 Å². The van der Waals surface area contributed by atoms with Gasteiger partial charge in [-0.2, -0.15) is 0 Å². The van der Waals surface area contributed by atoms with Crippen molar-refractivity contribution in [1.82, 2.24) is 0 Å². The highest BCUT2D eigenvalue weighted by Gasteiger charge is 1.97. The highest BCUT2D eigenvalue weighted by molar-refractivity contribution is 6.35. The molecule has 0 atom stereocenters. The van der Waals surface area contributed by atoms with E-state index < -0.39 is 0 Å². The molecule has 0 fully saturated rings. The molecular formula is C10H11Si. The maximum Gasteiger partial charge on any atom is 0.0724 e. The van der Waals surface area contributed by atoms with Crippen LogP contribution < -0.4 is 5.19 Å².